The number of rotatable bonds is 6. The number of alkyl halides is 1. The molecule has 0 radical (unpaired) electrons. The Morgan fingerprint density at radius 1 is 1.22 bits per heavy atom. The van der Waals surface area contributed by atoms with Crippen molar-refractivity contribution in [2.75, 3.05) is 0 Å². The van der Waals surface area contributed by atoms with Crippen LogP contribution in [0, 0.1) is 5.92 Å². The van der Waals surface area contributed by atoms with Gasteiger partial charge in [0.05, 0.1) is 11.6 Å². The number of nitrogens with zero attached hydrogens (tertiary/aromatic N) is 2. The van der Waals surface area contributed by atoms with Gasteiger partial charge in [-0.1, -0.05) is 39.5 Å². The maximum absolute atomic E-state index is 6.08. The monoisotopic (exact) mass is 268 g/mol. The van der Waals surface area contributed by atoms with E-state index >= 15 is 0 Å². The molecule has 1 saturated carbocycles. The molecular weight excluding hydrogens is 244 g/mol. The van der Waals surface area contributed by atoms with Crippen molar-refractivity contribution < 1.29 is 0 Å². The fraction of sp³-hybridized carbons (Fsp3) is 0.800. The Balaban J connectivity index is 2.08. The minimum atomic E-state index is 0.607. The fourth-order valence-electron chi connectivity index (χ4n) is 3.21. The molecule has 0 spiro atoms. The van der Waals surface area contributed by atoms with Crippen LogP contribution >= 0.6 is 11.6 Å². The molecule has 0 saturated heterocycles. The quantitative estimate of drug-likeness (QED) is 0.703. The lowest BCUT2D eigenvalue weighted by Gasteiger charge is -2.11. The van der Waals surface area contributed by atoms with Crippen molar-refractivity contribution in [2.24, 2.45) is 5.92 Å². The zero-order valence-electron chi connectivity index (χ0n) is 11.7. The highest BCUT2D eigenvalue weighted by molar-refractivity contribution is 6.17. The molecule has 1 aromatic rings. The topological polar surface area (TPSA) is 17.8 Å². The van der Waals surface area contributed by atoms with Gasteiger partial charge >= 0.3 is 0 Å². The summed E-state index contributed by atoms with van der Waals surface area (Å²) in [5.41, 5.74) is 3.85. The zero-order valence-corrected chi connectivity index (χ0v) is 12.5. The van der Waals surface area contributed by atoms with E-state index in [0.29, 0.717) is 5.88 Å². The average molecular weight is 269 g/mol. The molecule has 0 N–H and O–H groups in total. The van der Waals surface area contributed by atoms with Gasteiger partial charge in [0.2, 0.25) is 0 Å². The number of aromatic nitrogens is 2. The maximum atomic E-state index is 6.08. The zero-order chi connectivity index (χ0) is 13.0. The summed E-state index contributed by atoms with van der Waals surface area (Å²) in [6.07, 6.45) is 9.03. The Morgan fingerprint density at radius 2 is 1.94 bits per heavy atom. The van der Waals surface area contributed by atoms with Crippen molar-refractivity contribution in [3.05, 3.63) is 17.0 Å². The summed E-state index contributed by atoms with van der Waals surface area (Å²) in [4.78, 5) is 0. The molecule has 0 unspecified atom stereocenters. The molecule has 2 rings (SSSR count). The third kappa shape index (κ3) is 2.90. The first-order valence-electron chi connectivity index (χ1n) is 7.43. The van der Waals surface area contributed by atoms with Crippen LogP contribution in [0.4, 0.5) is 0 Å². The van der Waals surface area contributed by atoms with Gasteiger partial charge in [0, 0.05) is 17.8 Å². The van der Waals surface area contributed by atoms with E-state index in [-0.39, 0.29) is 0 Å². The Hall–Kier alpha value is -0.500. The molecular formula is C15H25ClN2. The van der Waals surface area contributed by atoms with Crippen LogP contribution < -0.4 is 0 Å². The lowest BCUT2D eigenvalue weighted by Crippen LogP contribution is -2.08. The minimum Gasteiger partial charge on any atom is -0.269 e. The number of hydrogen-bond donors (Lipinski definition) is 0. The van der Waals surface area contributed by atoms with Crippen molar-refractivity contribution >= 4 is 11.6 Å². The van der Waals surface area contributed by atoms with Gasteiger partial charge in [-0.15, -0.1) is 11.6 Å². The number of halogens is 1. The predicted octanol–water partition coefficient (Wildman–Crippen LogP) is 4.33. The van der Waals surface area contributed by atoms with Gasteiger partial charge in [0.15, 0.2) is 0 Å². The Bertz CT molecular complexity index is 378. The fourth-order valence-corrected chi connectivity index (χ4v) is 3.52. The molecule has 0 bridgehead atoms. The second kappa shape index (κ2) is 6.60. The Morgan fingerprint density at radius 3 is 2.50 bits per heavy atom. The standard InChI is InChI=1S/C15H25ClN2/c1-3-14-13(11-16)15(4-2)18(17-14)10-9-12-7-5-6-8-12/h12H,3-11H2,1-2H3. The van der Waals surface area contributed by atoms with Crippen molar-refractivity contribution in [3.8, 4) is 0 Å². The molecule has 3 heteroatoms. The van der Waals surface area contributed by atoms with Gasteiger partial charge in [0.25, 0.3) is 0 Å². The maximum Gasteiger partial charge on any atom is 0.0668 e. The first-order chi connectivity index (χ1) is 8.80. The third-order valence-corrected chi connectivity index (χ3v) is 4.54. The summed E-state index contributed by atoms with van der Waals surface area (Å²) in [7, 11) is 0. The third-order valence-electron chi connectivity index (χ3n) is 4.28. The molecule has 2 nitrogen and oxygen atoms in total. The van der Waals surface area contributed by atoms with Crippen molar-refractivity contribution in [3.63, 3.8) is 0 Å². The van der Waals surface area contributed by atoms with Crippen LogP contribution in [0.3, 0.4) is 0 Å². The van der Waals surface area contributed by atoms with Crippen LogP contribution in [-0.2, 0) is 25.3 Å². The summed E-state index contributed by atoms with van der Waals surface area (Å²) in [5, 5.41) is 4.76. The lowest BCUT2D eigenvalue weighted by atomic mass is 10.0. The van der Waals surface area contributed by atoms with Gasteiger partial charge in [0.1, 0.15) is 0 Å². The number of hydrogen-bond acceptors (Lipinski definition) is 1. The molecule has 1 aliphatic carbocycles. The van der Waals surface area contributed by atoms with E-state index in [1.165, 1.54) is 49.1 Å². The van der Waals surface area contributed by atoms with Crippen LogP contribution in [-0.4, -0.2) is 9.78 Å². The van der Waals surface area contributed by atoms with Crippen LogP contribution in [0.15, 0.2) is 0 Å². The van der Waals surface area contributed by atoms with Crippen molar-refractivity contribution in [1.82, 2.24) is 9.78 Å². The van der Waals surface area contributed by atoms with Gasteiger partial charge in [-0.25, -0.2) is 0 Å². The summed E-state index contributed by atoms with van der Waals surface area (Å²) < 4.78 is 2.23. The minimum absolute atomic E-state index is 0.607. The summed E-state index contributed by atoms with van der Waals surface area (Å²) in [6.45, 7) is 5.45. The SMILES string of the molecule is CCc1nn(CCC2CCCC2)c(CC)c1CCl. The molecule has 18 heavy (non-hydrogen) atoms. The highest BCUT2D eigenvalue weighted by Gasteiger charge is 2.18. The first kappa shape index (κ1) is 13.9. The van der Waals surface area contributed by atoms with E-state index in [0.717, 1.165) is 25.3 Å². The van der Waals surface area contributed by atoms with Gasteiger partial charge in [-0.05, 0) is 25.2 Å². The molecule has 1 heterocycles. The highest BCUT2D eigenvalue weighted by Crippen LogP contribution is 2.28. The first-order valence-corrected chi connectivity index (χ1v) is 7.96. The molecule has 102 valence electrons. The molecule has 0 aliphatic heterocycles. The molecule has 0 aromatic carbocycles. The Labute approximate surface area is 116 Å². The Kier molecular flexibility index (Phi) is 5.11. The van der Waals surface area contributed by atoms with Crippen molar-refractivity contribution in [1.29, 1.82) is 0 Å². The molecule has 1 aliphatic rings. The molecule has 0 amide bonds. The van der Waals surface area contributed by atoms with Crippen LogP contribution in [0.25, 0.3) is 0 Å². The summed E-state index contributed by atoms with van der Waals surface area (Å²) in [5.74, 6) is 1.54. The molecule has 1 fully saturated rings. The van der Waals surface area contributed by atoms with Crippen LogP contribution in [0.1, 0.15) is 62.9 Å². The second-order valence-electron chi connectivity index (χ2n) is 5.37. The molecule has 0 atom stereocenters. The summed E-state index contributed by atoms with van der Waals surface area (Å²) >= 11 is 6.08. The normalized spacial score (nSPS) is 16.6. The largest absolute Gasteiger partial charge is 0.269 e. The van der Waals surface area contributed by atoms with E-state index < -0.39 is 0 Å². The average Bonchev–Trinajstić information content (AvgIpc) is 3.02. The smallest absolute Gasteiger partial charge is 0.0668 e. The van der Waals surface area contributed by atoms with Crippen LogP contribution in [0.5, 0.6) is 0 Å². The van der Waals surface area contributed by atoms with E-state index in [1.54, 1.807) is 0 Å². The van der Waals surface area contributed by atoms with Gasteiger partial charge in [-0.2, -0.15) is 5.10 Å². The number of aryl methyl sites for hydroxylation is 2. The van der Waals surface area contributed by atoms with Crippen molar-refractivity contribution in [2.45, 2.75) is 71.2 Å². The van der Waals surface area contributed by atoms with Crippen LogP contribution in [0.2, 0.25) is 0 Å². The van der Waals surface area contributed by atoms with E-state index in [9.17, 15) is 0 Å². The summed E-state index contributed by atoms with van der Waals surface area (Å²) in [6, 6.07) is 0. The predicted molar refractivity (Wildman–Crippen MR) is 77.1 cm³/mol. The van der Waals surface area contributed by atoms with E-state index in [4.69, 9.17) is 16.7 Å². The highest BCUT2D eigenvalue weighted by atomic mass is 35.5. The lowest BCUT2D eigenvalue weighted by molar-refractivity contribution is 0.431. The molecule has 1 aromatic heterocycles. The van der Waals surface area contributed by atoms with E-state index in [2.05, 4.69) is 18.5 Å². The van der Waals surface area contributed by atoms with E-state index in [1.807, 2.05) is 0 Å². The van der Waals surface area contributed by atoms with Gasteiger partial charge in [-0.3, -0.25) is 4.68 Å². The second-order valence-corrected chi connectivity index (χ2v) is 5.64. The van der Waals surface area contributed by atoms with Gasteiger partial charge < -0.3 is 0 Å².